The van der Waals surface area contributed by atoms with Gasteiger partial charge in [-0.2, -0.15) is 0 Å². The van der Waals surface area contributed by atoms with Gasteiger partial charge in [0.15, 0.2) is 5.78 Å². The van der Waals surface area contributed by atoms with Gasteiger partial charge in [-0.3, -0.25) is 9.59 Å². The van der Waals surface area contributed by atoms with Crippen LogP contribution in [0.5, 0.6) is 0 Å². The summed E-state index contributed by atoms with van der Waals surface area (Å²) in [5.74, 6) is -1.27. The normalized spacial score (nSPS) is 19.8. The Balaban J connectivity index is 2.19. The van der Waals surface area contributed by atoms with Crippen molar-refractivity contribution < 1.29 is 19.1 Å². The maximum absolute atomic E-state index is 12.5. The highest BCUT2D eigenvalue weighted by Crippen LogP contribution is 2.23. The number of amides is 1. The molecule has 1 saturated heterocycles. The lowest BCUT2D eigenvalue weighted by Crippen LogP contribution is -2.43. The Morgan fingerprint density at radius 3 is 2.55 bits per heavy atom. The summed E-state index contributed by atoms with van der Waals surface area (Å²) < 4.78 is 4.66. The van der Waals surface area contributed by atoms with Crippen LogP contribution in [0, 0.1) is 0 Å². The van der Waals surface area contributed by atoms with Crippen LogP contribution in [-0.2, 0) is 19.1 Å². The van der Waals surface area contributed by atoms with Gasteiger partial charge in [-0.05, 0) is 12.5 Å². The van der Waals surface area contributed by atoms with E-state index in [9.17, 15) is 14.4 Å². The fourth-order valence-electron chi connectivity index (χ4n) is 2.40. The number of carbonyl (C=O) groups is 3. The van der Waals surface area contributed by atoms with Crippen LogP contribution in [0.3, 0.4) is 0 Å². The zero-order valence-corrected chi connectivity index (χ0v) is 11.5. The Hall–Kier alpha value is -2.17. The number of nitrogens with zero attached hydrogens (tertiary/aromatic N) is 1. The molecule has 1 aromatic carbocycles. The van der Waals surface area contributed by atoms with E-state index in [2.05, 4.69) is 4.74 Å². The molecular weight excluding hydrogens is 258 g/mol. The molecule has 0 bridgehead atoms. The number of hydrogen-bond acceptors (Lipinski definition) is 4. The number of ketones is 1. The number of carbonyl (C=O) groups excluding carboxylic acids is 3. The van der Waals surface area contributed by atoms with Gasteiger partial charge in [-0.1, -0.05) is 30.3 Å². The van der Waals surface area contributed by atoms with Crippen molar-refractivity contribution in [1.29, 1.82) is 0 Å². The van der Waals surface area contributed by atoms with Gasteiger partial charge in [0.1, 0.15) is 6.04 Å². The molecule has 0 N–H and O–H groups in total. The molecule has 20 heavy (non-hydrogen) atoms. The number of Topliss-reactive ketones (excluding diaryl/α,β-unsaturated/α-hetero) is 1. The van der Waals surface area contributed by atoms with E-state index < -0.39 is 17.9 Å². The Labute approximate surface area is 117 Å². The zero-order valence-electron chi connectivity index (χ0n) is 11.5. The van der Waals surface area contributed by atoms with Crippen LogP contribution in [0.4, 0.5) is 0 Å². The highest BCUT2D eigenvalue weighted by atomic mass is 16.5. The van der Waals surface area contributed by atoms with Crippen LogP contribution < -0.4 is 0 Å². The lowest BCUT2D eigenvalue weighted by molar-refractivity contribution is -0.151. The molecule has 0 aromatic heterocycles. The Bertz CT molecular complexity index is 526. The summed E-state index contributed by atoms with van der Waals surface area (Å²) in [5, 5.41) is 0. The molecule has 1 aliphatic heterocycles. The minimum atomic E-state index is -0.786. The molecule has 5 heteroatoms. The van der Waals surface area contributed by atoms with Crippen LogP contribution in [0.1, 0.15) is 24.8 Å². The van der Waals surface area contributed by atoms with Crippen LogP contribution >= 0.6 is 0 Å². The lowest BCUT2D eigenvalue weighted by Gasteiger charge is -2.25. The third kappa shape index (κ3) is 2.71. The van der Waals surface area contributed by atoms with Gasteiger partial charge in [-0.25, -0.2) is 4.79 Å². The molecule has 0 radical (unpaired) electrons. The number of hydrogen-bond donors (Lipinski definition) is 0. The first-order valence-electron chi connectivity index (χ1n) is 6.49. The zero-order chi connectivity index (χ0) is 14.7. The number of benzene rings is 1. The van der Waals surface area contributed by atoms with Gasteiger partial charge >= 0.3 is 5.97 Å². The number of ether oxygens (including phenoxy) is 1. The van der Waals surface area contributed by atoms with Crippen molar-refractivity contribution in [3.63, 3.8) is 0 Å². The highest BCUT2D eigenvalue weighted by Gasteiger charge is 2.40. The summed E-state index contributed by atoms with van der Waals surface area (Å²) in [5.41, 5.74) is 0.862. The second-order valence-corrected chi connectivity index (χ2v) is 4.88. The quantitative estimate of drug-likeness (QED) is 0.776. The van der Waals surface area contributed by atoms with E-state index >= 15 is 0 Å². The summed E-state index contributed by atoms with van der Waals surface area (Å²) >= 11 is 0. The number of likely N-dealkylation sites (tertiary alicyclic amines) is 1. The van der Waals surface area contributed by atoms with E-state index in [1.165, 1.54) is 12.0 Å². The average Bonchev–Trinajstić information content (AvgIpc) is 2.87. The third-order valence-corrected chi connectivity index (χ3v) is 3.57. The molecule has 1 aliphatic rings. The van der Waals surface area contributed by atoms with Crippen LogP contribution in [0.2, 0.25) is 0 Å². The van der Waals surface area contributed by atoms with Gasteiger partial charge < -0.3 is 9.64 Å². The molecular formula is C15H17NO4. The van der Waals surface area contributed by atoms with Crippen molar-refractivity contribution >= 4 is 17.7 Å². The second kappa shape index (κ2) is 5.86. The van der Waals surface area contributed by atoms with Gasteiger partial charge in [-0.15, -0.1) is 0 Å². The molecule has 1 amide bonds. The number of methoxy groups -OCH3 is 1. The Kier molecular flexibility index (Phi) is 4.17. The first-order valence-corrected chi connectivity index (χ1v) is 6.49. The first-order chi connectivity index (χ1) is 9.54. The minimum absolute atomic E-state index is 0.0181. The van der Waals surface area contributed by atoms with Crippen molar-refractivity contribution in [3.05, 3.63) is 35.9 Å². The third-order valence-electron chi connectivity index (χ3n) is 3.57. The maximum atomic E-state index is 12.5. The topological polar surface area (TPSA) is 63.7 Å². The summed E-state index contributed by atoms with van der Waals surface area (Å²) in [6.07, 6.45) is 0.0416. The number of esters is 1. The molecule has 1 fully saturated rings. The molecule has 2 unspecified atom stereocenters. The lowest BCUT2D eigenvalue weighted by atomic mass is 9.99. The number of rotatable bonds is 3. The fourth-order valence-corrected chi connectivity index (χ4v) is 2.40. The van der Waals surface area contributed by atoms with Gasteiger partial charge in [0.2, 0.25) is 5.91 Å². The SMILES string of the molecule is COC(=O)C1CC(=O)CN1C(=O)C(C)c1ccccc1. The molecule has 1 heterocycles. The van der Waals surface area contributed by atoms with Gasteiger partial charge in [0.05, 0.1) is 19.6 Å². The predicted molar refractivity (Wildman–Crippen MR) is 72.0 cm³/mol. The summed E-state index contributed by atoms with van der Waals surface area (Å²) in [4.78, 5) is 37.0. The second-order valence-electron chi connectivity index (χ2n) is 4.88. The van der Waals surface area contributed by atoms with Crippen molar-refractivity contribution in [2.45, 2.75) is 25.3 Å². The molecule has 1 aromatic rings. The monoisotopic (exact) mass is 275 g/mol. The molecule has 0 spiro atoms. The van der Waals surface area contributed by atoms with E-state index in [4.69, 9.17) is 0 Å². The predicted octanol–water partition coefficient (Wildman–Crippen LogP) is 1.13. The van der Waals surface area contributed by atoms with Crippen molar-refractivity contribution in [1.82, 2.24) is 4.90 Å². The van der Waals surface area contributed by atoms with Gasteiger partial charge in [0, 0.05) is 6.42 Å². The molecule has 0 saturated carbocycles. The van der Waals surface area contributed by atoms with Crippen molar-refractivity contribution in [2.75, 3.05) is 13.7 Å². The van der Waals surface area contributed by atoms with Crippen molar-refractivity contribution in [3.8, 4) is 0 Å². The van der Waals surface area contributed by atoms with E-state index in [0.717, 1.165) is 5.56 Å². The van der Waals surface area contributed by atoms with Crippen LogP contribution in [0.25, 0.3) is 0 Å². The van der Waals surface area contributed by atoms with E-state index in [0.29, 0.717) is 0 Å². The standard InChI is InChI=1S/C15H17NO4/c1-10(11-6-4-3-5-7-11)14(18)16-9-12(17)8-13(16)15(19)20-2/h3-7,10,13H,8-9H2,1-2H3. The molecule has 106 valence electrons. The summed E-state index contributed by atoms with van der Waals surface area (Å²) in [6, 6.07) is 8.50. The Morgan fingerprint density at radius 1 is 1.30 bits per heavy atom. The van der Waals surface area contributed by atoms with Gasteiger partial charge in [0.25, 0.3) is 0 Å². The average molecular weight is 275 g/mol. The molecule has 2 rings (SSSR count). The van der Waals surface area contributed by atoms with Crippen molar-refractivity contribution in [2.24, 2.45) is 0 Å². The highest BCUT2D eigenvalue weighted by molar-refractivity contribution is 5.98. The summed E-state index contributed by atoms with van der Waals surface area (Å²) in [6.45, 7) is 1.75. The molecule has 0 aliphatic carbocycles. The van der Waals surface area contributed by atoms with Crippen LogP contribution in [0.15, 0.2) is 30.3 Å². The van der Waals surface area contributed by atoms with E-state index in [1.54, 1.807) is 6.92 Å². The summed E-state index contributed by atoms with van der Waals surface area (Å²) in [7, 11) is 1.26. The largest absolute Gasteiger partial charge is 0.467 e. The van der Waals surface area contributed by atoms with E-state index in [1.807, 2.05) is 30.3 Å². The molecule has 5 nitrogen and oxygen atoms in total. The van der Waals surface area contributed by atoms with E-state index in [-0.39, 0.29) is 24.7 Å². The molecule has 2 atom stereocenters. The maximum Gasteiger partial charge on any atom is 0.329 e. The smallest absolute Gasteiger partial charge is 0.329 e. The fraction of sp³-hybridized carbons (Fsp3) is 0.400. The van der Waals surface area contributed by atoms with Crippen LogP contribution in [-0.4, -0.2) is 42.3 Å². The first kappa shape index (κ1) is 14.2. The Morgan fingerprint density at radius 2 is 1.95 bits per heavy atom. The minimum Gasteiger partial charge on any atom is -0.467 e.